The van der Waals surface area contributed by atoms with Crippen LogP contribution in [-0.4, -0.2) is 45.3 Å². The van der Waals surface area contributed by atoms with Gasteiger partial charge in [-0.25, -0.2) is 0 Å². The molecule has 1 N–H and O–H groups in total. The molecule has 0 saturated heterocycles. The molecule has 1 aromatic heterocycles. The highest BCUT2D eigenvalue weighted by atomic mass is 16.6. The van der Waals surface area contributed by atoms with Crippen molar-refractivity contribution >= 4 is 11.9 Å². The van der Waals surface area contributed by atoms with E-state index in [1.807, 2.05) is 0 Å². The van der Waals surface area contributed by atoms with E-state index in [9.17, 15) is 9.59 Å². The standard InChI is InChI=1S/C11H18N4O4/c1-11(2,3)19-9(16)6-7(10(17)18-4)5-8-12-14-15-13-8/h7H,5-6H2,1-4H3,(H,12,13,14,15)/t7-/m1/s1. The van der Waals surface area contributed by atoms with Gasteiger partial charge in [0.05, 0.1) is 19.4 Å². The van der Waals surface area contributed by atoms with Gasteiger partial charge in [-0.1, -0.05) is 5.21 Å². The lowest BCUT2D eigenvalue weighted by atomic mass is 10.0. The second-order valence-corrected chi connectivity index (χ2v) is 5.04. The summed E-state index contributed by atoms with van der Waals surface area (Å²) in [7, 11) is 1.26. The first-order valence-corrected chi connectivity index (χ1v) is 5.84. The fourth-order valence-electron chi connectivity index (χ4n) is 1.48. The number of nitrogens with zero attached hydrogens (tertiary/aromatic N) is 3. The molecule has 0 bridgehead atoms. The van der Waals surface area contributed by atoms with Crippen LogP contribution in [0, 0.1) is 5.92 Å². The van der Waals surface area contributed by atoms with Crippen molar-refractivity contribution in [2.24, 2.45) is 5.92 Å². The van der Waals surface area contributed by atoms with E-state index in [0.29, 0.717) is 5.82 Å². The van der Waals surface area contributed by atoms with Crippen molar-refractivity contribution in [2.75, 3.05) is 7.11 Å². The minimum atomic E-state index is -0.683. The Balaban J connectivity index is 2.65. The molecule has 0 aliphatic carbocycles. The first-order valence-electron chi connectivity index (χ1n) is 5.84. The number of tetrazole rings is 1. The Morgan fingerprint density at radius 3 is 2.53 bits per heavy atom. The van der Waals surface area contributed by atoms with Crippen LogP contribution in [0.2, 0.25) is 0 Å². The second kappa shape index (κ2) is 6.26. The summed E-state index contributed by atoms with van der Waals surface area (Å²) in [5.41, 5.74) is -0.593. The van der Waals surface area contributed by atoms with Crippen molar-refractivity contribution in [3.8, 4) is 0 Å². The van der Waals surface area contributed by atoms with Crippen molar-refractivity contribution in [3.05, 3.63) is 5.82 Å². The monoisotopic (exact) mass is 270 g/mol. The summed E-state index contributed by atoms with van der Waals surface area (Å²) in [6.07, 6.45) is 0.0842. The van der Waals surface area contributed by atoms with E-state index in [0.717, 1.165) is 0 Å². The van der Waals surface area contributed by atoms with Crippen molar-refractivity contribution in [3.63, 3.8) is 0 Å². The number of methoxy groups -OCH3 is 1. The molecule has 1 heterocycles. The van der Waals surface area contributed by atoms with Gasteiger partial charge >= 0.3 is 11.9 Å². The van der Waals surface area contributed by atoms with Gasteiger partial charge in [-0.05, 0) is 20.8 Å². The number of carbonyl (C=O) groups is 2. The van der Waals surface area contributed by atoms with Crippen LogP contribution >= 0.6 is 0 Å². The van der Waals surface area contributed by atoms with Gasteiger partial charge in [0, 0.05) is 6.42 Å². The van der Waals surface area contributed by atoms with Gasteiger partial charge in [0.15, 0.2) is 5.82 Å². The number of nitrogens with one attached hydrogen (secondary N) is 1. The van der Waals surface area contributed by atoms with Gasteiger partial charge in [0.1, 0.15) is 5.60 Å². The summed E-state index contributed by atoms with van der Waals surface area (Å²) < 4.78 is 9.83. The van der Waals surface area contributed by atoms with Gasteiger partial charge in [0.2, 0.25) is 0 Å². The van der Waals surface area contributed by atoms with E-state index in [4.69, 9.17) is 4.74 Å². The highest BCUT2D eigenvalue weighted by molar-refractivity contribution is 5.80. The molecule has 1 rings (SSSR count). The Bertz CT molecular complexity index is 424. The van der Waals surface area contributed by atoms with Gasteiger partial charge < -0.3 is 9.47 Å². The predicted molar refractivity (Wildman–Crippen MR) is 63.8 cm³/mol. The minimum Gasteiger partial charge on any atom is -0.469 e. The average Bonchev–Trinajstić information content (AvgIpc) is 2.77. The van der Waals surface area contributed by atoms with E-state index < -0.39 is 23.5 Å². The lowest BCUT2D eigenvalue weighted by molar-refractivity contribution is -0.160. The summed E-state index contributed by atoms with van der Waals surface area (Å²) in [4.78, 5) is 23.3. The molecule has 0 saturated carbocycles. The number of aromatic amines is 1. The van der Waals surface area contributed by atoms with Gasteiger partial charge in [-0.2, -0.15) is 5.21 Å². The van der Waals surface area contributed by atoms with Crippen LogP contribution < -0.4 is 0 Å². The van der Waals surface area contributed by atoms with Gasteiger partial charge in [-0.3, -0.25) is 9.59 Å². The first-order chi connectivity index (χ1) is 8.81. The van der Waals surface area contributed by atoms with E-state index in [1.54, 1.807) is 20.8 Å². The highest BCUT2D eigenvalue weighted by Crippen LogP contribution is 2.15. The number of ether oxygens (including phenoxy) is 2. The van der Waals surface area contributed by atoms with Crippen molar-refractivity contribution < 1.29 is 19.1 Å². The molecule has 8 nitrogen and oxygen atoms in total. The van der Waals surface area contributed by atoms with Crippen molar-refractivity contribution in [1.29, 1.82) is 0 Å². The molecule has 0 aliphatic heterocycles. The zero-order valence-corrected chi connectivity index (χ0v) is 11.5. The molecule has 1 atom stereocenters. The largest absolute Gasteiger partial charge is 0.469 e. The smallest absolute Gasteiger partial charge is 0.309 e. The van der Waals surface area contributed by atoms with E-state index in [-0.39, 0.29) is 12.8 Å². The maximum atomic E-state index is 11.7. The molecular weight excluding hydrogens is 252 g/mol. The lowest BCUT2D eigenvalue weighted by Gasteiger charge is -2.21. The molecule has 0 spiro atoms. The lowest BCUT2D eigenvalue weighted by Crippen LogP contribution is -2.28. The third-order valence-electron chi connectivity index (χ3n) is 2.19. The zero-order chi connectivity index (χ0) is 14.5. The second-order valence-electron chi connectivity index (χ2n) is 5.04. The van der Waals surface area contributed by atoms with E-state index in [2.05, 4.69) is 25.4 Å². The minimum absolute atomic E-state index is 0.0848. The number of H-pyrrole nitrogens is 1. The molecule has 19 heavy (non-hydrogen) atoms. The van der Waals surface area contributed by atoms with Crippen LogP contribution in [0.5, 0.6) is 0 Å². The molecule has 0 aromatic carbocycles. The Hall–Kier alpha value is -1.99. The molecule has 0 fully saturated rings. The topological polar surface area (TPSA) is 107 Å². The van der Waals surface area contributed by atoms with Crippen LogP contribution in [0.3, 0.4) is 0 Å². The normalized spacial score (nSPS) is 12.8. The zero-order valence-electron chi connectivity index (χ0n) is 11.5. The van der Waals surface area contributed by atoms with Crippen LogP contribution in [0.25, 0.3) is 0 Å². The van der Waals surface area contributed by atoms with Crippen LogP contribution in [0.4, 0.5) is 0 Å². The Labute approximate surface area is 110 Å². The maximum Gasteiger partial charge on any atom is 0.309 e. The van der Waals surface area contributed by atoms with Crippen molar-refractivity contribution in [2.45, 2.75) is 39.2 Å². The summed E-state index contributed by atoms with van der Waals surface area (Å²) >= 11 is 0. The Morgan fingerprint density at radius 2 is 2.05 bits per heavy atom. The third-order valence-corrected chi connectivity index (χ3v) is 2.19. The Morgan fingerprint density at radius 1 is 1.37 bits per heavy atom. The number of carbonyl (C=O) groups excluding carboxylic acids is 2. The number of rotatable bonds is 5. The summed E-state index contributed by atoms with van der Waals surface area (Å²) in [5.74, 6) is -1.31. The fourth-order valence-corrected chi connectivity index (χ4v) is 1.48. The van der Waals surface area contributed by atoms with Crippen LogP contribution in [0.15, 0.2) is 0 Å². The van der Waals surface area contributed by atoms with Crippen molar-refractivity contribution in [1.82, 2.24) is 20.6 Å². The number of aromatic nitrogens is 4. The quantitative estimate of drug-likeness (QED) is 0.765. The molecule has 0 aliphatic rings. The summed E-state index contributed by atoms with van der Waals surface area (Å²) in [6.45, 7) is 5.28. The maximum absolute atomic E-state index is 11.7. The van der Waals surface area contributed by atoms with Crippen LogP contribution in [0.1, 0.15) is 33.0 Å². The number of hydrogen-bond acceptors (Lipinski definition) is 7. The molecule has 0 amide bonds. The molecule has 0 radical (unpaired) electrons. The summed E-state index contributed by atoms with van der Waals surface area (Å²) in [6, 6.07) is 0. The molecular formula is C11H18N4O4. The number of esters is 2. The molecule has 0 unspecified atom stereocenters. The molecule has 1 aromatic rings. The van der Waals surface area contributed by atoms with E-state index >= 15 is 0 Å². The van der Waals surface area contributed by atoms with Gasteiger partial charge in [-0.15, -0.1) is 10.2 Å². The van der Waals surface area contributed by atoms with E-state index in [1.165, 1.54) is 7.11 Å². The molecule has 8 heteroatoms. The summed E-state index contributed by atoms with van der Waals surface area (Å²) in [5, 5.41) is 13.2. The highest BCUT2D eigenvalue weighted by Gasteiger charge is 2.27. The Kier molecular flexibility index (Phi) is 4.96. The third kappa shape index (κ3) is 5.45. The molecule has 106 valence electrons. The van der Waals surface area contributed by atoms with Gasteiger partial charge in [0.25, 0.3) is 0 Å². The first kappa shape index (κ1) is 15.1. The number of hydrogen-bond donors (Lipinski definition) is 1. The predicted octanol–water partition coefficient (Wildman–Crippen LogP) is 0.263. The average molecular weight is 270 g/mol. The van der Waals surface area contributed by atoms with Crippen LogP contribution in [-0.2, 0) is 25.5 Å². The SMILES string of the molecule is COC(=O)[C@@H](CC(=O)OC(C)(C)C)Cc1nn[nH]n1. The fraction of sp³-hybridized carbons (Fsp3) is 0.727.